The third-order valence-corrected chi connectivity index (χ3v) is 3.01. The van der Waals surface area contributed by atoms with E-state index in [1.54, 1.807) is 6.07 Å². The van der Waals surface area contributed by atoms with Crippen LogP contribution in [0.5, 0.6) is 0 Å². The minimum absolute atomic E-state index is 0.263. The molecule has 5 heteroatoms. The summed E-state index contributed by atoms with van der Waals surface area (Å²) >= 11 is 0. The number of rotatable bonds is 2. The second-order valence-electron chi connectivity index (χ2n) is 4.19. The molecule has 0 radical (unpaired) electrons. The average molecular weight is 220 g/mol. The molecule has 1 aromatic carbocycles. The van der Waals surface area contributed by atoms with Crippen molar-refractivity contribution in [1.82, 2.24) is 19.9 Å². The van der Waals surface area contributed by atoms with Gasteiger partial charge in [0.15, 0.2) is 0 Å². The molecule has 0 spiro atoms. The van der Waals surface area contributed by atoms with Crippen LogP contribution in [0.2, 0.25) is 0 Å². The summed E-state index contributed by atoms with van der Waals surface area (Å²) in [6, 6.07) is 4.61. The van der Waals surface area contributed by atoms with Gasteiger partial charge in [-0.1, -0.05) is 5.21 Å². The molecule has 1 aliphatic rings. The molecule has 2 aromatic rings. The quantitative estimate of drug-likeness (QED) is 0.771. The summed E-state index contributed by atoms with van der Waals surface area (Å²) in [5.41, 5.74) is 1.52. The summed E-state index contributed by atoms with van der Waals surface area (Å²) in [5.74, 6) is -0.263. The molecule has 16 heavy (non-hydrogen) atoms. The summed E-state index contributed by atoms with van der Waals surface area (Å²) in [6.45, 7) is 2.98. The molecule has 84 valence electrons. The highest BCUT2D eigenvalue weighted by Crippen LogP contribution is 2.14. The van der Waals surface area contributed by atoms with Gasteiger partial charge in [-0.05, 0) is 38.1 Å². The van der Waals surface area contributed by atoms with Crippen molar-refractivity contribution in [2.75, 3.05) is 13.1 Å². The van der Waals surface area contributed by atoms with E-state index in [0.717, 1.165) is 25.3 Å². The molecule has 1 aromatic heterocycles. The molecule has 0 bridgehead atoms. The number of halogens is 1. The van der Waals surface area contributed by atoms with Crippen molar-refractivity contribution in [3.05, 3.63) is 24.0 Å². The molecule has 2 heterocycles. The lowest BCUT2D eigenvalue weighted by atomic mass is 10.3. The number of nitrogens with zero attached hydrogens (tertiary/aromatic N) is 4. The zero-order valence-corrected chi connectivity index (χ0v) is 8.93. The topological polar surface area (TPSA) is 34.0 Å². The van der Waals surface area contributed by atoms with Gasteiger partial charge in [-0.3, -0.25) is 4.90 Å². The number of hydrogen-bond acceptors (Lipinski definition) is 3. The van der Waals surface area contributed by atoms with Crippen LogP contribution in [0.15, 0.2) is 18.2 Å². The highest BCUT2D eigenvalue weighted by Gasteiger charge is 2.13. The summed E-state index contributed by atoms with van der Waals surface area (Å²) in [7, 11) is 0. The molecule has 0 saturated carbocycles. The number of benzene rings is 1. The first-order valence-corrected chi connectivity index (χ1v) is 5.54. The van der Waals surface area contributed by atoms with Crippen molar-refractivity contribution in [1.29, 1.82) is 0 Å². The Hall–Kier alpha value is -1.49. The van der Waals surface area contributed by atoms with E-state index in [2.05, 4.69) is 15.2 Å². The van der Waals surface area contributed by atoms with Gasteiger partial charge >= 0.3 is 0 Å². The lowest BCUT2D eigenvalue weighted by Gasteiger charge is -2.14. The van der Waals surface area contributed by atoms with E-state index < -0.39 is 0 Å². The Morgan fingerprint density at radius 2 is 2.06 bits per heavy atom. The van der Waals surface area contributed by atoms with Crippen molar-refractivity contribution >= 4 is 11.0 Å². The highest BCUT2D eigenvalue weighted by atomic mass is 19.1. The lowest BCUT2D eigenvalue weighted by Crippen LogP contribution is -2.23. The second kappa shape index (κ2) is 3.83. The van der Waals surface area contributed by atoms with Crippen molar-refractivity contribution in [2.45, 2.75) is 19.5 Å². The Morgan fingerprint density at radius 3 is 2.88 bits per heavy atom. The van der Waals surface area contributed by atoms with E-state index in [1.165, 1.54) is 25.0 Å². The van der Waals surface area contributed by atoms with Crippen LogP contribution in [-0.4, -0.2) is 33.0 Å². The fraction of sp³-hybridized carbons (Fsp3) is 0.455. The average Bonchev–Trinajstić information content (AvgIpc) is 2.89. The van der Waals surface area contributed by atoms with Crippen molar-refractivity contribution in [3.63, 3.8) is 0 Å². The van der Waals surface area contributed by atoms with E-state index in [4.69, 9.17) is 0 Å². The normalized spacial score (nSPS) is 17.3. The maximum Gasteiger partial charge on any atom is 0.125 e. The summed E-state index contributed by atoms with van der Waals surface area (Å²) in [4.78, 5) is 2.33. The van der Waals surface area contributed by atoms with Crippen LogP contribution in [0.1, 0.15) is 12.8 Å². The van der Waals surface area contributed by atoms with Gasteiger partial charge < -0.3 is 0 Å². The number of fused-ring (bicyclic) bond motifs is 1. The Balaban J connectivity index is 1.91. The van der Waals surface area contributed by atoms with E-state index >= 15 is 0 Å². The van der Waals surface area contributed by atoms with Gasteiger partial charge in [-0.2, -0.15) is 0 Å². The molecule has 1 saturated heterocycles. The van der Waals surface area contributed by atoms with Gasteiger partial charge in [-0.25, -0.2) is 9.07 Å². The van der Waals surface area contributed by atoms with Crippen molar-refractivity contribution in [3.8, 4) is 0 Å². The van der Waals surface area contributed by atoms with Crippen LogP contribution in [0.25, 0.3) is 11.0 Å². The third kappa shape index (κ3) is 1.67. The fourth-order valence-electron chi connectivity index (χ4n) is 2.16. The standard InChI is InChI=1S/C11H13FN4/c12-9-3-4-11-10(7-9)13-14-16(11)8-15-5-1-2-6-15/h3-4,7H,1-2,5-6,8H2. The van der Waals surface area contributed by atoms with Crippen LogP contribution in [-0.2, 0) is 6.67 Å². The zero-order chi connectivity index (χ0) is 11.0. The molecule has 0 N–H and O–H groups in total. The van der Waals surface area contributed by atoms with Crippen LogP contribution in [0.4, 0.5) is 4.39 Å². The minimum atomic E-state index is -0.263. The molecule has 3 rings (SSSR count). The van der Waals surface area contributed by atoms with Gasteiger partial charge in [0.25, 0.3) is 0 Å². The molecule has 0 amide bonds. The van der Waals surface area contributed by atoms with Crippen LogP contribution in [0, 0.1) is 5.82 Å². The number of hydrogen-bond donors (Lipinski definition) is 0. The van der Waals surface area contributed by atoms with Crippen molar-refractivity contribution < 1.29 is 4.39 Å². The van der Waals surface area contributed by atoms with Crippen molar-refractivity contribution in [2.24, 2.45) is 0 Å². The maximum atomic E-state index is 13.0. The monoisotopic (exact) mass is 220 g/mol. The molecule has 1 aliphatic heterocycles. The first-order valence-electron chi connectivity index (χ1n) is 5.54. The Bertz CT molecular complexity index is 502. The molecule has 0 aliphatic carbocycles. The Labute approximate surface area is 92.7 Å². The molecular weight excluding hydrogens is 207 g/mol. The van der Waals surface area contributed by atoms with Crippen LogP contribution >= 0.6 is 0 Å². The largest absolute Gasteiger partial charge is 0.284 e. The zero-order valence-electron chi connectivity index (χ0n) is 8.93. The van der Waals surface area contributed by atoms with Gasteiger partial charge in [0.2, 0.25) is 0 Å². The number of aromatic nitrogens is 3. The lowest BCUT2D eigenvalue weighted by molar-refractivity contribution is 0.257. The van der Waals surface area contributed by atoms with E-state index in [1.807, 2.05) is 4.68 Å². The second-order valence-corrected chi connectivity index (χ2v) is 4.19. The highest BCUT2D eigenvalue weighted by molar-refractivity contribution is 5.73. The first-order chi connectivity index (χ1) is 7.83. The smallest absolute Gasteiger partial charge is 0.125 e. The fourth-order valence-corrected chi connectivity index (χ4v) is 2.16. The molecule has 1 fully saturated rings. The van der Waals surface area contributed by atoms with E-state index in [0.29, 0.717) is 5.52 Å². The van der Waals surface area contributed by atoms with Gasteiger partial charge in [0.1, 0.15) is 11.3 Å². The van der Waals surface area contributed by atoms with E-state index in [9.17, 15) is 4.39 Å². The predicted molar refractivity (Wildman–Crippen MR) is 58.3 cm³/mol. The van der Waals surface area contributed by atoms with E-state index in [-0.39, 0.29) is 5.82 Å². The van der Waals surface area contributed by atoms with Crippen LogP contribution < -0.4 is 0 Å². The third-order valence-electron chi connectivity index (χ3n) is 3.01. The van der Waals surface area contributed by atoms with Gasteiger partial charge in [0, 0.05) is 6.07 Å². The SMILES string of the molecule is Fc1ccc2c(c1)nnn2CN1CCCC1. The van der Waals surface area contributed by atoms with Crippen LogP contribution in [0.3, 0.4) is 0 Å². The summed E-state index contributed by atoms with van der Waals surface area (Å²) in [6.07, 6.45) is 2.50. The van der Waals surface area contributed by atoms with Gasteiger partial charge in [-0.15, -0.1) is 5.10 Å². The maximum absolute atomic E-state index is 13.0. The summed E-state index contributed by atoms with van der Waals surface area (Å²) in [5, 5.41) is 8.03. The summed E-state index contributed by atoms with van der Waals surface area (Å²) < 4.78 is 14.8. The number of likely N-dealkylation sites (tertiary alicyclic amines) is 1. The van der Waals surface area contributed by atoms with Gasteiger partial charge in [0.05, 0.1) is 12.2 Å². The molecular formula is C11H13FN4. The predicted octanol–water partition coefficient (Wildman–Crippen LogP) is 1.62. The minimum Gasteiger partial charge on any atom is -0.284 e. The molecule has 0 atom stereocenters. The Morgan fingerprint density at radius 1 is 1.25 bits per heavy atom. The molecule has 0 unspecified atom stereocenters. The Kier molecular flexibility index (Phi) is 2.32. The first kappa shape index (κ1) is 9.72. The molecule has 4 nitrogen and oxygen atoms in total.